The van der Waals surface area contributed by atoms with E-state index in [1.165, 1.54) is 0 Å². The zero-order chi connectivity index (χ0) is 13.2. The molecule has 1 heterocycles. The second-order valence-corrected chi connectivity index (χ2v) is 5.67. The van der Waals surface area contributed by atoms with E-state index < -0.39 is 0 Å². The fourth-order valence-electron chi connectivity index (χ4n) is 1.57. The van der Waals surface area contributed by atoms with Crippen molar-refractivity contribution in [1.82, 2.24) is 5.32 Å². The molecule has 0 fully saturated rings. The molecule has 18 heavy (non-hydrogen) atoms. The Hall–Kier alpha value is -0.450. The monoisotopic (exact) mass is 271 g/mol. The van der Waals surface area contributed by atoms with E-state index in [1.54, 1.807) is 11.8 Å². The van der Waals surface area contributed by atoms with Crippen LogP contribution in [0.3, 0.4) is 0 Å². The molecule has 0 aromatic carbocycles. The maximum absolute atomic E-state index is 5.67. The summed E-state index contributed by atoms with van der Waals surface area (Å²) in [5.41, 5.74) is 0. The van der Waals surface area contributed by atoms with Crippen LogP contribution in [0.2, 0.25) is 0 Å². The van der Waals surface area contributed by atoms with Crippen molar-refractivity contribution >= 4 is 11.8 Å². The molecule has 0 radical (unpaired) electrons. The highest BCUT2D eigenvalue weighted by Gasteiger charge is 2.00. The van der Waals surface area contributed by atoms with Crippen LogP contribution in [0.4, 0.5) is 0 Å². The molecule has 0 atom stereocenters. The van der Waals surface area contributed by atoms with Gasteiger partial charge in [-0.05, 0) is 37.3 Å². The summed E-state index contributed by atoms with van der Waals surface area (Å²) in [6.45, 7) is 7.80. The first kappa shape index (κ1) is 15.6. The Morgan fingerprint density at radius 2 is 2.11 bits per heavy atom. The average Bonchev–Trinajstić information content (AvgIpc) is 2.76. The molecule has 0 bridgehead atoms. The van der Waals surface area contributed by atoms with Gasteiger partial charge in [0.1, 0.15) is 11.5 Å². The molecule has 1 aromatic heterocycles. The smallest absolute Gasteiger partial charge is 0.117 e. The molecule has 1 N–H and O–H groups in total. The van der Waals surface area contributed by atoms with E-state index in [0.29, 0.717) is 5.92 Å². The van der Waals surface area contributed by atoms with Gasteiger partial charge in [0, 0.05) is 13.2 Å². The summed E-state index contributed by atoms with van der Waals surface area (Å²) < 4.78 is 11.2. The lowest BCUT2D eigenvalue weighted by Gasteiger charge is -2.06. The Kier molecular flexibility index (Phi) is 8.22. The van der Waals surface area contributed by atoms with Gasteiger partial charge in [-0.25, -0.2) is 0 Å². The molecule has 0 aliphatic carbocycles. The number of nitrogens with one attached hydrogen (secondary N) is 1. The van der Waals surface area contributed by atoms with Gasteiger partial charge in [-0.3, -0.25) is 0 Å². The first-order valence-corrected chi connectivity index (χ1v) is 7.96. The Bertz CT molecular complexity index is 312. The van der Waals surface area contributed by atoms with E-state index in [2.05, 4.69) is 31.5 Å². The van der Waals surface area contributed by atoms with Crippen molar-refractivity contribution in [2.24, 2.45) is 5.92 Å². The van der Waals surface area contributed by atoms with Crippen LogP contribution in [0.5, 0.6) is 0 Å². The minimum absolute atomic E-state index is 0.621. The first-order chi connectivity index (χ1) is 8.72. The van der Waals surface area contributed by atoms with E-state index in [4.69, 9.17) is 9.15 Å². The summed E-state index contributed by atoms with van der Waals surface area (Å²) in [6.07, 6.45) is 3.13. The van der Waals surface area contributed by atoms with Gasteiger partial charge in [0.25, 0.3) is 0 Å². The van der Waals surface area contributed by atoms with Crippen LogP contribution >= 0.6 is 11.8 Å². The van der Waals surface area contributed by atoms with E-state index >= 15 is 0 Å². The molecule has 1 rings (SSSR count). The van der Waals surface area contributed by atoms with Gasteiger partial charge < -0.3 is 14.5 Å². The highest BCUT2D eigenvalue weighted by Crippen LogP contribution is 2.13. The van der Waals surface area contributed by atoms with Gasteiger partial charge in [0.15, 0.2) is 0 Å². The lowest BCUT2D eigenvalue weighted by atomic mass is 10.2. The van der Waals surface area contributed by atoms with Gasteiger partial charge in [0.05, 0.1) is 12.3 Å². The van der Waals surface area contributed by atoms with Crippen molar-refractivity contribution < 1.29 is 9.15 Å². The fourth-order valence-corrected chi connectivity index (χ4v) is 2.01. The first-order valence-electron chi connectivity index (χ1n) is 6.57. The molecule has 3 nitrogen and oxygen atoms in total. The van der Waals surface area contributed by atoms with Crippen molar-refractivity contribution in [2.75, 3.05) is 26.0 Å². The van der Waals surface area contributed by atoms with E-state index in [0.717, 1.165) is 50.0 Å². The second-order valence-electron chi connectivity index (χ2n) is 4.80. The van der Waals surface area contributed by atoms with E-state index in [9.17, 15) is 0 Å². The van der Waals surface area contributed by atoms with Crippen molar-refractivity contribution in [3.63, 3.8) is 0 Å². The summed E-state index contributed by atoms with van der Waals surface area (Å²) in [4.78, 5) is 0. The highest BCUT2D eigenvalue weighted by atomic mass is 32.2. The van der Waals surface area contributed by atoms with Crippen LogP contribution in [0, 0.1) is 5.92 Å². The highest BCUT2D eigenvalue weighted by molar-refractivity contribution is 7.97. The van der Waals surface area contributed by atoms with Crippen molar-refractivity contribution in [3.8, 4) is 0 Å². The van der Waals surface area contributed by atoms with Crippen molar-refractivity contribution in [2.45, 2.75) is 32.6 Å². The molecule has 0 saturated heterocycles. The minimum atomic E-state index is 0.621. The van der Waals surface area contributed by atoms with Gasteiger partial charge in [-0.2, -0.15) is 11.8 Å². The van der Waals surface area contributed by atoms with Crippen LogP contribution in [-0.2, 0) is 17.0 Å². The molecular weight excluding hydrogens is 246 g/mol. The SMILES string of the molecule is CSCc1ccc(CNCCCOCC(C)C)o1. The standard InChI is InChI=1S/C14H25NO2S/c1-12(2)10-16-8-4-7-15-9-13-5-6-14(17-13)11-18-3/h5-6,12,15H,4,7-11H2,1-3H3. The summed E-state index contributed by atoms with van der Waals surface area (Å²) >= 11 is 1.78. The largest absolute Gasteiger partial charge is 0.464 e. The summed E-state index contributed by atoms with van der Waals surface area (Å²) in [5, 5.41) is 3.36. The normalized spacial score (nSPS) is 11.3. The zero-order valence-electron chi connectivity index (χ0n) is 11.7. The van der Waals surface area contributed by atoms with Gasteiger partial charge >= 0.3 is 0 Å². The van der Waals surface area contributed by atoms with Gasteiger partial charge in [-0.15, -0.1) is 0 Å². The van der Waals surface area contributed by atoms with Gasteiger partial charge in [-0.1, -0.05) is 13.8 Å². The molecule has 0 aliphatic heterocycles. The lowest BCUT2D eigenvalue weighted by Crippen LogP contribution is -2.16. The maximum atomic E-state index is 5.67. The Labute approximate surface area is 115 Å². The van der Waals surface area contributed by atoms with Crippen LogP contribution in [0.15, 0.2) is 16.5 Å². The number of rotatable bonds is 10. The van der Waals surface area contributed by atoms with E-state index in [1.807, 2.05) is 6.07 Å². The molecular formula is C14H25NO2S. The third-order valence-corrected chi connectivity index (χ3v) is 2.97. The predicted octanol–water partition coefficient (Wildman–Crippen LogP) is 3.29. The van der Waals surface area contributed by atoms with Crippen LogP contribution < -0.4 is 5.32 Å². The molecule has 1 aromatic rings. The molecule has 0 unspecified atom stereocenters. The molecule has 0 spiro atoms. The third kappa shape index (κ3) is 7.09. The maximum Gasteiger partial charge on any atom is 0.117 e. The van der Waals surface area contributed by atoms with Crippen LogP contribution in [0.1, 0.15) is 31.8 Å². The minimum Gasteiger partial charge on any atom is -0.464 e. The second kappa shape index (κ2) is 9.48. The Balaban J connectivity index is 2.00. The number of ether oxygens (including phenoxy) is 1. The molecule has 4 heteroatoms. The van der Waals surface area contributed by atoms with Crippen LogP contribution in [-0.4, -0.2) is 26.0 Å². The Morgan fingerprint density at radius 3 is 2.83 bits per heavy atom. The number of hydrogen-bond donors (Lipinski definition) is 1. The lowest BCUT2D eigenvalue weighted by molar-refractivity contribution is 0.108. The number of thioether (sulfide) groups is 1. The molecule has 0 aliphatic rings. The number of furan rings is 1. The molecule has 0 saturated carbocycles. The molecule has 104 valence electrons. The number of hydrogen-bond acceptors (Lipinski definition) is 4. The summed E-state index contributed by atoms with van der Waals surface area (Å²) in [6, 6.07) is 4.10. The van der Waals surface area contributed by atoms with Crippen molar-refractivity contribution in [3.05, 3.63) is 23.7 Å². The summed E-state index contributed by atoms with van der Waals surface area (Å²) in [5.74, 6) is 3.64. The average molecular weight is 271 g/mol. The quantitative estimate of drug-likeness (QED) is 0.662. The predicted molar refractivity (Wildman–Crippen MR) is 77.9 cm³/mol. The van der Waals surface area contributed by atoms with Crippen molar-refractivity contribution in [1.29, 1.82) is 0 Å². The topological polar surface area (TPSA) is 34.4 Å². The summed E-state index contributed by atoms with van der Waals surface area (Å²) in [7, 11) is 0. The van der Waals surface area contributed by atoms with Crippen LogP contribution in [0.25, 0.3) is 0 Å². The van der Waals surface area contributed by atoms with Gasteiger partial charge in [0.2, 0.25) is 0 Å². The Morgan fingerprint density at radius 1 is 1.33 bits per heavy atom. The molecule has 0 amide bonds. The zero-order valence-corrected chi connectivity index (χ0v) is 12.5. The fraction of sp³-hybridized carbons (Fsp3) is 0.714. The third-order valence-electron chi connectivity index (χ3n) is 2.40. The van der Waals surface area contributed by atoms with E-state index in [-0.39, 0.29) is 0 Å².